The zero-order valence-electron chi connectivity index (χ0n) is 13.2. The molecule has 21 heavy (non-hydrogen) atoms. The van der Waals surface area contributed by atoms with Gasteiger partial charge in [0.05, 0.1) is 19.6 Å². The third-order valence-corrected chi connectivity index (χ3v) is 3.51. The van der Waals surface area contributed by atoms with Crippen molar-refractivity contribution < 1.29 is 14.3 Å². The molecule has 0 unspecified atom stereocenters. The minimum absolute atomic E-state index is 0.0102. The Kier molecular flexibility index (Phi) is 7.57. The highest BCUT2D eigenvalue weighted by atomic mass is 79.9. The molecule has 0 saturated carbocycles. The second kappa shape index (κ2) is 8.93. The van der Waals surface area contributed by atoms with Crippen LogP contribution in [0.2, 0.25) is 0 Å². The predicted molar refractivity (Wildman–Crippen MR) is 88.0 cm³/mol. The van der Waals surface area contributed by atoms with Crippen molar-refractivity contribution in [2.75, 3.05) is 19.8 Å². The van der Waals surface area contributed by atoms with E-state index in [0.717, 1.165) is 10.0 Å². The van der Waals surface area contributed by atoms with Crippen molar-refractivity contribution in [3.8, 4) is 11.5 Å². The number of hydrogen-bond acceptors (Lipinski definition) is 3. The quantitative estimate of drug-likeness (QED) is 0.773. The lowest BCUT2D eigenvalue weighted by Gasteiger charge is -2.14. The van der Waals surface area contributed by atoms with Gasteiger partial charge in [0.2, 0.25) is 5.91 Å². The minimum Gasteiger partial charge on any atom is -0.490 e. The van der Waals surface area contributed by atoms with E-state index in [1.54, 1.807) is 0 Å². The van der Waals surface area contributed by atoms with Gasteiger partial charge in [0.1, 0.15) is 0 Å². The van der Waals surface area contributed by atoms with Crippen LogP contribution in [-0.2, 0) is 11.2 Å². The van der Waals surface area contributed by atoms with E-state index in [0.29, 0.717) is 43.6 Å². The van der Waals surface area contributed by atoms with Crippen LogP contribution in [-0.4, -0.2) is 25.7 Å². The van der Waals surface area contributed by atoms with E-state index >= 15 is 0 Å². The van der Waals surface area contributed by atoms with Gasteiger partial charge in [-0.2, -0.15) is 0 Å². The lowest BCUT2D eigenvalue weighted by Crippen LogP contribution is -2.28. The first-order chi connectivity index (χ1) is 9.97. The zero-order chi connectivity index (χ0) is 15.8. The van der Waals surface area contributed by atoms with Gasteiger partial charge >= 0.3 is 0 Å². The second-order valence-electron chi connectivity index (χ2n) is 5.13. The van der Waals surface area contributed by atoms with Crippen LogP contribution in [0.5, 0.6) is 11.5 Å². The van der Waals surface area contributed by atoms with E-state index < -0.39 is 0 Å². The van der Waals surface area contributed by atoms with Crippen molar-refractivity contribution in [2.45, 2.75) is 34.1 Å². The second-order valence-corrected chi connectivity index (χ2v) is 5.99. The van der Waals surface area contributed by atoms with Gasteiger partial charge in [-0.05, 0) is 37.5 Å². The van der Waals surface area contributed by atoms with E-state index in [2.05, 4.69) is 35.1 Å². The summed E-state index contributed by atoms with van der Waals surface area (Å²) in [5, 5.41) is 2.92. The average molecular weight is 358 g/mol. The molecule has 1 aromatic carbocycles. The van der Waals surface area contributed by atoms with Gasteiger partial charge in [0.15, 0.2) is 11.5 Å². The van der Waals surface area contributed by atoms with Gasteiger partial charge in [0, 0.05) is 11.0 Å². The molecule has 1 aromatic rings. The van der Waals surface area contributed by atoms with Crippen molar-refractivity contribution in [1.82, 2.24) is 5.32 Å². The van der Waals surface area contributed by atoms with E-state index in [-0.39, 0.29) is 5.91 Å². The molecular formula is C16H24BrNO3. The molecule has 1 amide bonds. The number of nitrogens with one attached hydrogen (secondary N) is 1. The molecule has 1 rings (SSSR count). The summed E-state index contributed by atoms with van der Waals surface area (Å²) >= 11 is 3.50. The summed E-state index contributed by atoms with van der Waals surface area (Å²) in [5.41, 5.74) is 0.892. The van der Waals surface area contributed by atoms with Crippen LogP contribution >= 0.6 is 15.9 Å². The van der Waals surface area contributed by atoms with E-state index in [9.17, 15) is 4.79 Å². The van der Waals surface area contributed by atoms with Crippen LogP contribution in [0.15, 0.2) is 16.6 Å². The maximum atomic E-state index is 11.9. The van der Waals surface area contributed by atoms with Gasteiger partial charge in [-0.1, -0.05) is 29.8 Å². The highest BCUT2D eigenvalue weighted by Crippen LogP contribution is 2.34. The minimum atomic E-state index is 0.0102. The first kappa shape index (κ1) is 17.8. The molecule has 5 heteroatoms. The molecule has 0 saturated heterocycles. The molecule has 118 valence electrons. The highest BCUT2D eigenvalue weighted by molar-refractivity contribution is 9.10. The van der Waals surface area contributed by atoms with E-state index in [4.69, 9.17) is 9.47 Å². The molecule has 0 radical (unpaired) electrons. The van der Waals surface area contributed by atoms with Crippen molar-refractivity contribution in [2.24, 2.45) is 5.92 Å². The fourth-order valence-corrected chi connectivity index (χ4v) is 2.27. The SMILES string of the molecule is CCOc1cc(Br)c(CC(=O)NCC(C)C)cc1OCC. The third-order valence-electron chi connectivity index (χ3n) is 2.77. The Morgan fingerprint density at radius 2 is 1.76 bits per heavy atom. The first-order valence-corrected chi connectivity index (χ1v) is 8.11. The molecule has 0 fully saturated rings. The lowest BCUT2D eigenvalue weighted by molar-refractivity contribution is -0.120. The van der Waals surface area contributed by atoms with Crippen molar-refractivity contribution in [3.63, 3.8) is 0 Å². The number of rotatable bonds is 8. The Morgan fingerprint density at radius 3 is 2.29 bits per heavy atom. The molecule has 0 aliphatic carbocycles. The van der Waals surface area contributed by atoms with Crippen molar-refractivity contribution in [1.29, 1.82) is 0 Å². The maximum Gasteiger partial charge on any atom is 0.224 e. The summed E-state index contributed by atoms with van der Waals surface area (Å²) in [6, 6.07) is 3.73. The highest BCUT2D eigenvalue weighted by Gasteiger charge is 2.13. The number of carbonyl (C=O) groups is 1. The summed E-state index contributed by atoms with van der Waals surface area (Å²) in [6.45, 7) is 9.80. The van der Waals surface area contributed by atoms with Crippen LogP contribution in [0.4, 0.5) is 0 Å². The molecule has 0 aromatic heterocycles. The largest absolute Gasteiger partial charge is 0.490 e. The number of ether oxygens (including phenoxy) is 2. The molecule has 0 bridgehead atoms. The molecule has 0 heterocycles. The number of benzene rings is 1. The number of carbonyl (C=O) groups excluding carboxylic acids is 1. The van der Waals surface area contributed by atoms with Crippen LogP contribution in [0.1, 0.15) is 33.3 Å². The molecule has 1 N–H and O–H groups in total. The van der Waals surface area contributed by atoms with Crippen molar-refractivity contribution >= 4 is 21.8 Å². The van der Waals surface area contributed by atoms with Crippen LogP contribution < -0.4 is 14.8 Å². The molecule has 0 aliphatic rings. The summed E-state index contributed by atoms with van der Waals surface area (Å²) in [4.78, 5) is 11.9. The van der Waals surface area contributed by atoms with Crippen molar-refractivity contribution in [3.05, 3.63) is 22.2 Å². The predicted octanol–water partition coefficient (Wildman–Crippen LogP) is 3.56. The van der Waals surface area contributed by atoms with Gasteiger partial charge in [0.25, 0.3) is 0 Å². The molecule has 0 spiro atoms. The topological polar surface area (TPSA) is 47.6 Å². The molecular weight excluding hydrogens is 334 g/mol. The summed E-state index contributed by atoms with van der Waals surface area (Å²) in [5.74, 6) is 1.82. The summed E-state index contributed by atoms with van der Waals surface area (Å²) in [6.07, 6.45) is 0.319. The Bertz CT molecular complexity index is 475. The lowest BCUT2D eigenvalue weighted by atomic mass is 10.1. The Labute approximate surface area is 135 Å². The maximum absolute atomic E-state index is 11.9. The van der Waals surface area contributed by atoms with Crippen LogP contribution in [0.25, 0.3) is 0 Å². The summed E-state index contributed by atoms with van der Waals surface area (Å²) < 4.78 is 12.0. The Balaban J connectivity index is 2.86. The monoisotopic (exact) mass is 357 g/mol. The van der Waals surface area contributed by atoms with E-state index in [1.165, 1.54) is 0 Å². The number of hydrogen-bond donors (Lipinski definition) is 1. The number of halogens is 1. The van der Waals surface area contributed by atoms with Gasteiger partial charge in [-0.15, -0.1) is 0 Å². The average Bonchev–Trinajstić information content (AvgIpc) is 2.42. The van der Waals surface area contributed by atoms with Gasteiger partial charge in [-0.25, -0.2) is 0 Å². The normalized spacial score (nSPS) is 10.6. The third kappa shape index (κ3) is 5.96. The molecule has 0 atom stereocenters. The van der Waals surface area contributed by atoms with E-state index in [1.807, 2.05) is 26.0 Å². The zero-order valence-corrected chi connectivity index (χ0v) is 14.7. The first-order valence-electron chi connectivity index (χ1n) is 7.32. The van der Waals surface area contributed by atoms with Crippen LogP contribution in [0, 0.1) is 5.92 Å². The molecule has 0 aliphatic heterocycles. The Hall–Kier alpha value is -1.23. The smallest absolute Gasteiger partial charge is 0.224 e. The fourth-order valence-electron chi connectivity index (χ4n) is 1.80. The fraction of sp³-hybridized carbons (Fsp3) is 0.562. The Morgan fingerprint density at radius 1 is 1.19 bits per heavy atom. The summed E-state index contributed by atoms with van der Waals surface area (Å²) in [7, 11) is 0. The standard InChI is InChI=1S/C16H24BrNO3/c1-5-20-14-7-12(8-16(19)18-10-11(3)4)13(17)9-15(14)21-6-2/h7,9,11H,5-6,8,10H2,1-4H3,(H,18,19). The van der Waals surface area contributed by atoms with Gasteiger partial charge < -0.3 is 14.8 Å². The molecule has 4 nitrogen and oxygen atoms in total. The number of amides is 1. The van der Waals surface area contributed by atoms with Gasteiger partial charge in [-0.3, -0.25) is 4.79 Å². The van der Waals surface area contributed by atoms with Crippen LogP contribution in [0.3, 0.4) is 0 Å².